The number of aliphatic hydroxyl groups excluding tert-OH is 1. The van der Waals surface area contributed by atoms with Crippen molar-refractivity contribution in [3.05, 3.63) is 23.8 Å². The molecule has 0 radical (unpaired) electrons. The summed E-state index contributed by atoms with van der Waals surface area (Å²) in [6.45, 7) is 0. The summed E-state index contributed by atoms with van der Waals surface area (Å²) in [5.74, 6) is 0. The SMILES string of the molecule is O=CC(O)C1=CC=CCC1=S. The Morgan fingerprint density at radius 1 is 1.73 bits per heavy atom. The first-order chi connectivity index (χ1) is 5.25. The standard InChI is InChI=1S/C8H8O2S/c9-5-7(10)6-3-1-2-4-8(6)11/h1-3,5,7,10H,4H2. The van der Waals surface area contributed by atoms with Crippen molar-refractivity contribution in [3.63, 3.8) is 0 Å². The highest BCUT2D eigenvalue weighted by molar-refractivity contribution is 7.80. The van der Waals surface area contributed by atoms with Crippen LogP contribution in [0.5, 0.6) is 0 Å². The molecule has 0 saturated carbocycles. The number of hydrogen-bond acceptors (Lipinski definition) is 3. The number of allylic oxidation sites excluding steroid dienone is 3. The fourth-order valence-corrected chi connectivity index (χ4v) is 1.18. The van der Waals surface area contributed by atoms with Gasteiger partial charge in [-0.2, -0.15) is 0 Å². The lowest BCUT2D eigenvalue weighted by atomic mass is 10.0. The first-order valence-electron chi connectivity index (χ1n) is 3.29. The molecule has 1 N–H and O–H groups in total. The molecule has 1 atom stereocenters. The predicted molar refractivity (Wildman–Crippen MR) is 46.5 cm³/mol. The van der Waals surface area contributed by atoms with E-state index in [-0.39, 0.29) is 0 Å². The van der Waals surface area contributed by atoms with E-state index in [1.54, 1.807) is 12.2 Å². The smallest absolute Gasteiger partial charge is 0.153 e. The summed E-state index contributed by atoms with van der Waals surface area (Å²) in [5, 5.41) is 9.10. The van der Waals surface area contributed by atoms with Gasteiger partial charge < -0.3 is 9.90 Å². The fraction of sp³-hybridized carbons (Fsp3) is 0.250. The van der Waals surface area contributed by atoms with Gasteiger partial charge in [-0.05, 0) is 0 Å². The Labute approximate surface area is 70.2 Å². The van der Waals surface area contributed by atoms with Crippen LogP contribution < -0.4 is 0 Å². The molecule has 3 heteroatoms. The highest BCUT2D eigenvalue weighted by Crippen LogP contribution is 2.12. The van der Waals surface area contributed by atoms with Crippen molar-refractivity contribution in [2.45, 2.75) is 12.5 Å². The third-order valence-electron chi connectivity index (χ3n) is 1.48. The topological polar surface area (TPSA) is 37.3 Å². The van der Waals surface area contributed by atoms with E-state index < -0.39 is 6.10 Å². The van der Waals surface area contributed by atoms with Crippen LogP contribution in [0.1, 0.15) is 6.42 Å². The summed E-state index contributed by atoms with van der Waals surface area (Å²) < 4.78 is 0. The zero-order valence-electron chi connectivity index (χ0n) is 5.86. The van der Waals surface area contributed by atoms with E-state index in [0.717, 1.165) is 0 Å². The van der Waals surface area contributed by atoms with Crippen LogP contribution in [-0.2, 0) is 4.79 Å². The van der Waals surface area contributed by atoms with E-state index >= 15 is 0 Å². The van der Waals surface area contributed by atoms with Crippen LogP contribution in [0, 0.1) is 0 Å². The number of carbonyl (C=O) groups excluding carboxylic acids is 1. The van der Waals surface area contributed by atoms with Crippen LogP contribution in [0.4, 0.5) is 0 Å². The van der Waals surface area contributed by atoms with Crippen molar-refractivity contribution in [2.75, 3.05) is 0 Å². The number of aliphatic hydroxyl groups is 1. The summed E-state index contributed by atoms with van der Waals surface area (Å²) in [7, 11) is 0. The van der Waals surface area contributed by atoms with E-state index in [1.165, 1.54) is 0 Å². The molecule has 0 aromatic rings. The number of rotatable bonds is 2. The molecule has 0 bridgehead atoms. The largest absolute Gasteiger partial charge is 0.381 e. The monoisotopic (exact) mass is 168 g/mol. The molecular weight excluding hydrogens is 160 g/mol. The van der Waals surface area contributed by atoms with Gasteiger partial charge in [-0.3, -0.25) is 0 Å². The minimum atomic E-state index is -1.05. The summed E-state index contributed by atoms with van der Waals surface area (Å²) in [6, 6.07) is 0. The second-order valence-corrected chi connectivity index (χ2v) is 2.75. The molecule has 0 aromatic carbocycles. The van der Waals surface area contributed by atoms with Crippen molar-refractivity contribution < 1.29 is 9.90 Å². The van der Waals surface area contributed by atoms with Gasteiger partial charge in [0.05, 0.1) is 0 Å². The first kappa shape index (κ1) is 8.30. The predicted octanol–water partition coefficient (Wildman–Crippen LogP) is 0.802. The zero-order valence-corrected chi connectivity index (χ0v) is 6.67. The molecule has 0 aliphatic heterocycles. The van der Waals surface area contributed by atoms with Crippen LogP contribution in [0.25, 0.3) is 0 Å². The van der Waals surface area contributed by atoms with Gasteiger partial charge in [0, 0.05) is 16.9 Å². The lowest BCUT2D eigenvalue weighted by Crippen LogP contribution is -2.18. The maximum absolute atomic E-state index is 10.2. The molecule has 0 amide bonds. The van der Waals surface area contributed by atoms with Gasteiger partial charge in [0.1, 0.15) is 6.10 Å². The third-order valence-corrected chi connectivity index (χ3v) is 1.89. The number of carbonyl (C=O) groups is 1. The molecule has 0 aromatic heterocycles. The fourth-order valence-electron chi connectivity index (χ4n) is 0.894. The first-order valence-corrected chi connectivity index (χ1v) is 3.70. The third kappa shape index (κ3) is 1.82. The minimum absolute atomic E-state index is 0.483. The Morgan fingerprint density at radius 2 is 2.45 bits per heavy atom. The second-order valence-electron chi connectivity index (χ2n) is 2.26. The Balaban J connectivity index is 2.83. The normalized spacial score (nSPS) is 19.4. The molecule has 58 valence electrons. The maximum Gasteiger partial charge on any atom is 0.153 e. The van der Waals surface area contributed by atoms with Crippen molar-refractivity contribution in [1.29, 1.82) is 0 Å². The van der Waals surface area contributed by atoms with Crippen LogP contribution in [0.15, 0.2) is 23.8 Å². The van der Waals surface area contributed by atoms with Crippen LogP contribution in [-0.4, -0.2) is 22.4 Å². The van der Waals surface area contributed by atoms with Crippen LogP contribution >= 0.6 is 12.2 Å². The number of hydrogen-bond donors (Lipinski definition) is 1. The van der Waals surface area contributed by atoms with Gasteiger partial charge in [-0.1, -0.05) is 30.4 Å². The average Bonchev–Trinajstić information content (AvgIpc) is 2.04. The molecule has 11 heavy (non-hydrogen) atoms. The number of thiocarbonyl (C=S) groups is 1. The van der Waals surface area contributed by atoms with E-state index in [0.29, 0.717) is 23.1 Å². The molecule has 1 aliphatic carbocycles. The molecule has 1 rings (SSSR count). The van der Waals surface area contributed by atoms with Crippen molar-refractivity contribution >= 4 is 23.4 Å². The Kier molecular flexibility index (Phi) is 2.68. The van der Waals surface area contributed by atoms with Gasteiger partial charge in [0.15, 0.2) is 6.29 Å². The zero-order chi connectivity index (χ0) is 8.27. The average molecular weight is 168 g/mol. The maximum atomic E-state index is 10.2. The summed E-state index contributed by atoms with van der Waals surface area (Å²) in [5.41, 5.74) is 0.553. The highest BCUT2D eigenvalue weighted by atomic mass is 32.1. The van der Waals surface area contributed by atoms with Crippen LogP contribution in [0.3, 0.4) is 0 Å². The van der Waals surface area contributed by atoms with E-state index in [2.05, 4.69) is 0 Å². The molecule has 0 saturated heterocycles. The molecular formula is C8H8O2S. The summed E-state index contributed by atoms with van der Waals surface area (Å²) in [6.07, 6.45) is 5.43. The van der Waals surface area contributed by atoms with Crippen molar-refractivity contribution in [1.82, 2.24) is 0 Å². The summed E-state index contributed by atoms with van der Waals surface area (Å²) in [4.78, 5) is 10.8. The Morgan fingerprint density at radius 3 is 3.00 bits per heavy atom. The van der Waals surface area contributed by atoms with Gasteiger partial charge >= 0.3 is 0 Å². The molecule has 0 fully saturated rings. The molecule has 1 unspecified atom stereocenters. The van der Waals surface area contributed by atoms with Gasteiger partial charge in [-0.15, -0.1) is 0 Å². The number of aldehydes is 1. The van der Waals surface area contributed by atoms with Gasteiger partial charge in [0.2, 0.25) is 0 Å². The molecule has 2 nitrogen and oxygen atoms in total. The van der Waals surface area contributed by atoms with Gasteiger partial charge in [0.25, 0.3) is 0 Å². The highest BCUT2D eigenvalue weighted by Gasteiger charge is 2.14. The quantitative estimate of drug-likeness (QED) is 0.489. The minimum Gasteiger partial charge on any atom is -0.381 e. The lowest BCUT2D eigenvalue weighted by Gasteiger charge is -2.11. The van der Waals surface area contributed by atoms with E-state index in [4.69, 9.17) is 17.3 Å². The molecule has 0 heterocycles. The Hall–Kier alpha value is -0.800. The van der Waals surface area contributed by atoms with Gasteiger partial charge in [-0.25, -0.2) is 0 Å². The van der Waals surface area contributed by atoms with Crippen LogP contribution in [0.2, 0.25) is 0 Å². The van der Waals surface area contributed by atoms with Crippen molar-refractivity contribution in [2.24, 2.45) is 0 Å². The lowest BCUT2D eigenvalue weighted by molar-refractivity contribution is -0.113. The molecule has 0 spiro atoms. The summed E-state index contributed by atoms with van der Waals surface area (Å²) >= 11 is 4.93. The van der Waals surface area contributed by atoms with Crippen molar-refractivity contribution in [3.8, 4) is 0 Å². The second kappa shape index (κ2) is 3.55. The van der Waals surface area contributed by atoms with E-state index in [9.17, 15) is 4.79 Å². The van der Waals surface area contributed by atoms with E-state index in [1.807, 2.05) is 6.08 Å². The Bertz CT molecular complexity index is 240. The molecule has 1 aliphatic rings.